The molecule has 0 spiro atoms. The summed E-state index contributed by atoms with van der Waals surface area (Å²) >= 11 is 0. The average Bonchev–Trinajstić information content (AvgIpc) is 2.59. The van der Waals surface area contributed by atoms with Crippen LogP contribution in [0.4, 0.5) is 0 Å². The highest BCUT2D eigenvalue weighted by Crippen LogP contribution is 2.15. The summed E-state index contributed by atoms with van der Waals surface area (Å²) in [4.78, 5) is 22.9. The van der Waals surface area contributed by atoms with Crippen molar-refractivity contribution in [1.82, 2.24) is 4.72 Å². The van der Waals surface area contributed by atoms with Crippen molar-refractivity contribution in [2.24, 2.45) is 5.92 Å². The zero-order valence-corrected chi connectivity index (χ0v) is 13.5. The minimum absolute atomic E-state index is 0.0271. The third-order valence-electron chi connectivity index (χ3n) is 3.54. The van der Waals surface area contributed by atoms with Gasteiger partial charge in [-0.1, -0.05) is 48.5 Å². The lowest BCUT2D eigenvalue weighted by Crippen LogP contribution is -2.45. The van der Waals surface area contributed by atoms with Gasteiger partial charge in [0.2, 0.25) is 10.0 Å². The Morgan fingerprint density at radius 2 is 1.58 bits per heavy atom. The molecule has 0 saturated heterocycles. The van der Waals surface area contributed by atoms with E-state index < -0.39 is 28.0 Å². The number of hydrogen-bond donors (Lipinski definition) is 2. The zero-order chi connectivity index (χ0) is 17.6. The maximum Gasteiger partial charge on any atom is 0.308 e. The monoisotopic (exact) mass is 347 g/mol. The maximum absolute atomic E-state index is 12.3. The van der Waals surface area contributed by atoms with E-state index in [9.17, 15) is 23.1 Å². The number of rotatable bonds is 8. The van der Waals surface area contributed by atoms with Crippen molar-refractivity contribution >= 4 is 22.3 Å². The summed E-state index contributed by atoms with van der Waals surface area (Å²) in [6.45, 7) is 0. The SMILES string of the molecule is O=C[C@@H](NS(=O)(=O)c1ccccc1)C(Cc1ccccc1)C(=O)O. The summed E-state index contributed by atoms with van der Waals surface area (Å²) in [5.74, 6) is -2.45. The molecular weight excluding hydrogens is 330 g/mol. The van der Waals surface area contributed by atoms with Gasteiger partial charge in [-0.25, -0.2) is 13.1 Å². The van der Waals surface area contributed by atoms with Crippen LogP contribution in [0, 0.1) is 5.92 Å². The van der Waals surface area contributed by atoms with Crippen LogP contribution >= 0.6 is 0 Å². The molecule has 2 aromatic rings. The zero-order valence-electron chi connectivity index (χ0n) is 12.7. The molecule has 2 N–H and O–H groups in total. The number of aldehydes is 1. The van der Waals surface area contributed by atoms with Gasteiger partial charge in [0, 0.05) is 0 Å². The Kier molecular flexibility index (Phi) is 5.83. The molecule has 24 heavy (non-hydrogen) atoms. The Hall–Kier alpha value is -2.51. The Balaban J connectivity index is 2.24. The number of carboxylic acid groups (broad SMARTS) is 1. The predicted octanol–water partition coefficient (Wildman–Crippen LogP) is 1.48. The van der Waals surface area contributed by atoms with Crippen molar-refractivity contribution in [3.8, 4) is 0 Å². The molecule has 2 rings (SSSR count). The molecular formula is C17H17NO5S. The van der Waals surface area contributed by atoms with Crippen LogP contribution in [0.1, 0.15) is 5.56 Å². The highest BCUT2D eigenvalue weighted by Gasteiger charge is 2.32. The number of carbonyl (C=O) groups excluding carboxylic acids is 1. The first-order valence-electron chi connectivity index (χ1n) is 7.23. The standard InChI is InChI=1S/C17H17NO5S/c19-12-16(18-24(22,23)14-9-5-2-6-10-14)15(17(20)21)11-13-7-3-1-4-8-13/h1-10,12,15-16,18H,11H2,(H,20,21)/t15?,16-/m1/s1. The molecule has 1 unspecified atom stereocenters. The van der Waals surface area contributed by atoms with Crippen LogP contribution in [0.3, 0.4) is 0 Å². The summed E-state index contributed by atoms with van der Waals surface area (Å²) in [5.41, 5.74) is 0.704. The number of benzene rings is 2. The molecule has 0 aliphatic carbocycles. The first-order valence-corrected chi connectivity index (χ1v) is 8.72. The van der Waals surface area contributed by atoms with Crippen LogP contribution in [0.25, 0.3) is 0 Å². The summed E-state index contributed by atoms with van der Waals surface area (Å²) in [6.07, 6.45) is 0.360. The minimum Gasteiger partial charge on any atom is -0.481 e. The van der Waals surface area contributed by atoms with Crippen molar-refractivity contribution in [3.63, 3.8) is 0 Å². The van der Waals surface area contributed by atoms with E-state index in [1.807, 2.05) is 0 Å². The van der Waals surface area contributed by atoms with Gasteiger partial charge in [-0.3, -0.25) is 4.79 Å². The van der Waals surface area contributed by atoms with Crippen LogP contribution in [0.15, 0.2) is 65.6 Å². The summed E-state index contributed by atoms with van der Waals surface area (Å²) in [7, 11) is -3.99. The fourth-order valence-electron chi connectivity index (χ4n) is 2.29. The topological polar surface area (TPSA) is 101 Å². The van der Waals surface area contributed by atoms with Gasteiger partial charge < -0.3 is 9.90 Å². The second kappa shape index (κ2) is 7.85. The van der Waals surface area contributed by atoms with Crippen molar-refractivity contribution in [1.29, 1.82) is 0 Å². The molecule has 2 aromatic carbocycles. The molecule has 0 aromatic heterocycles. The number of carbonyl (C=O) groups is 2. The molecule has 0 bridgehead atoms. The van der Waals surface area contributed by atoms with E-state index in [2.05, 4.69) is 4.72 Å². The van der Waals surface area contributed by atoms with Crippen LogP contribution < -0.4 is 4.72 Å². The van der Waals surface area contributed by atoms with Gasteiger partial charge in [0.25, 0.3) is 0 Å². The highest BCUT2D eigenvalue weighted by molar-refractivity contribution is 7.89. The van der Waals surface area contributed by atoms with E-state index in [4.69, 9.17) is 0 Å². The highest BCUT2D eigenvalue weighted by atomic mass is 32.2. The van der Waals surface area contributed by atoms with Gasteiger partial charge in [-0.05, 0) is 24.1 Å². The minimum atomic E-state index is -3.99. The summed E-state index contributed by atoms with van der Waals surface area (Å²) in [5, 5.41) is 9.41. The number of sulfonamides is 1. The van der Waals surface area contributed by atoms with Gasteiger partial charge in [0.05, 0.1) is 16.9 Å². The molecule has 0 fully saturated rings. The number of nitrogens with one attached hydrogen (secondary N) is 1. The number of hydrogen-bond acceptors (Lipinski definition) is 4. The van der Waals surface area contributed by atoms with E-state index in [1.54, 1.807) is 48.5 Å². The first kappa shape index (κ1) is 17.8. The molecule has 0 heterocycles. The van der Waals surface area contributed by atoms with Crippen LogP contribution in [0.2, 0.25) is 0 Å². The fraction of sp³-hybridized carbons (Fsp3) is 0.176. The summed E-state index contributed by atoms with van der Waals surface area (Å²) < 4.78 is 26.8. The van der Waals surface area contributed by atoms with Crippen molar-refractivity contribution < 1.29 is 23.1 Å². The molecule has 0 radical (unpaired) electrons. The molecule has 2 atom stereocenters. The van der Waals surface area contributed by atoms with Crippen molar-refractivity contribution in [2.45, 2.75) is 17.4 Å². The smallest absolute Gasteiger partial charge is 0.308 e. The molecule has 7 heteroatoms. The van der Waals surface area contributed by atoms with Gasteiger partial charge in [-0.2, -0.15) is 0 Å². The van der Waals surface area contributed by atoms with Gasteiger partial charge in [0.15, 0.2) is 0 Å². The molecule has 0 aliphatic heterocycles. The molecule has 0 amide bonds. The Morgan fingerprint density at radius 1 is 1.04 bits per heavy atom. The van der Waals surface area contributed by atoms with E-state index in [-0.39, 0.29) is 11.3 Å². The largest absolute Gasteiger partial charge is 0.481 e. The van der Waals surface area contributed by atoms with E-state index in [0.717, 1.165) is 0 Å². The quantitative estimate of drug-likeness (QED) is 0.705. The number of carboxylic acids is 1. The normalized spacial score (nSPS) is 13.8. The van der Waals surface area contributed by atoms with Crippen molar-refractivity contribution in [3.05, 3.63) is 66.2 Å². The summed E-state index contributed by atoms with van der Waals surface area (Å²) in [6, 6.07) is 14.9. The Morgan fingerprint density at radius 3 is 2.08 bits per heavy atom. The third kappa shape index (κ3) is 4.50. The van der Waals surface area contributed by atoms with Gasteiger partial charge in [-0.15, -0.1) is 0 Å². The maximum atomic E-state index is 12.3. The van der Waals surface area contributed by atoms with E-state index in [1.165, 1.54) is 12.1 Å². The lowest BCUT2D eigenvalue weighted by Gasteiger charge is -2.20. The lowest BCUT2D eigenvalue weighted by molar-refractivity contribution is -0.143. The van der Waals surface area contributed by atoms with Crippen molar-refractivity contribution in [2.75, 3.05) is 0 Å². The van der Waals surface area contributed by atoms with Gasteiger partial charge >= 0.3 is 5.97 Å². The first-order chi connectivity index (χ1) is 11.4. The van der Waals surface area contributed by atoms with Gasteiger partial charge in [0.1, 0.15) is 6.29 Å². The second-order valence-electron chi connectivity index (χ2n) is 5.23. The molecule has 6 nitrogen and oxygen atoms in total. The van der Waals surface area contributed by atoms with Crippen LogP contribution in [-0.4, -0.2) is 31.8 Å². The average molecular weight is 347 g/mol. The fourth-order valence-corrected chi connectivity index (χ4v) is 3.52. The lowest BCUT2D eigenvalue weighted by atomic mass is 9.93. The third-order valence-corrected chi connectivity index (χ3v) is 5.02. The van der Waals surface area contributed by atoms with E-state index in [0.29, 0.717) is 11.8 Å². The second-order valence-corrected chi connectivity index (χ2v) is 6.94. The molecule has 0 aliphatic rings. The number of aliphatic carboxylic acids is 1. The Labute approximate surface area is 140 Å². The predicted molar refractivity (Wildman–Crippen MR) is 87.9 cm³/mol. The Bertz CT molecular complexity index is 790. The molecule has 126 valence electrons. The molecule has 0 saturated carbocycles. The van der Waals surface area contributed by atoms with E-state index >= 15 is 0 Å². The van der Waals surface area contributed by atoms with Crippen LogP contribution in [-0.2, 0) is 26.0 Å². The van der Waals surface area contributed by atoms with Crippen LogP contribution in [0.5, 0.6) is 0 Å².